The van der Waals surface area contributed by atoms with Crippen LogP contribution >= 0.6 is 0 Å². The zero-order valence-electron chi connectivity index (χ0n) is 10.5. The third-order valence-corrected chi connectivity index (χ3v) is 2.79. The van der Waals surface area contributed by atoms with Gasteiger partial charge in [0.1, 0.15) is 0 Å². The second-order valence-corrected chi connectivity index (χ2v) is 4.23. The van der Waals surface area contributed by atoms with Gasteiger partial charge in [-0.25, -0.2) is 0 Å². The van der Waals surface area contributed by atoms with Crippen LogP contribution in [0.15, 0.2) is 53.5 Å². The summed E-state index contributed by atoms with van der Waals surface area (Å²) in [5, 5.41) is 2.97. The predicted molar refractivity (Wildman–Crippen MR) is 70.6 cm³/mol. The first-order chi connectivity index (χ1) is 9.47. The number of halogens is 3. The first-order valence-electron chi connectivity index (χ1n) is 6.03. The number of pyridine rings is 1. The van der Waals surface area contributed by atoms with Gasteiger partial charge in [-0.1, -0.05) is 6.07 Å². The maximum Gasteiger partial charge on any atom is 0.416 e. The van der Waals surface area contributed by atoms with Crippen molar-refractivity contribution in [3.63, 3.8) is 0 Å². The Kier molecular flexibility index (Phi) is 4.12. The topological polar surface area (TPSA) is 34.0 Å². The number of anilines is 1. The third kappa shape index (κ3) is 3.63. The Morgan fingerprint density at radius 2 is 1.75 bits per heavy atom. The normalized spacial score (nSPS) is 11.3. The maximum absolute atomic E-state index is 12.4. The molecule has 0 atom stereocenters. The Bertz CT molecular complexity index is 617. The molecule has 0 bridgehead atoms. The predicted octanol–water partition coefficient (Wildman–Crippen LogP) is 2.98. The summed E-state index contributed by atoms with van der Waals surface area (Å²) >= 11 is 0. The maximum atomic E-state index is 12.4. The highest BCUT2D eigenvalue weighted by atomic mass is 19.4. The van der Waals surface area contributed by atoms with E-state index in [1.54, 1.807) is 18.3 Å². The van der Waals surface area contributed by atoms with Crippen molar-refractivity contribution in [1.29, 1.82) is 0 Å². The molecule has 0 amide bonds. The Morgan fingerprint density at radius 3 is 2.35 bits per heavy atom. The van der Waals surface area contributed by atoms with Crippen LogP contribution < -0.4 is 10.9 Å². The fourth-order valence-corrected chi connectivity index (χ4v) is 1.74. The molecule has 0 aliphatic rings. The number of hydrogen-bond acceptors (Lipinski definition) is 2. The molecule has 2 aromatic rings. The van der Waals surface area contributed by atoms with Crippen LogP contribution in [0.3, 0.4) is 0 Å². The highest BCUT2D eigenvalue weighted by molar-refractivity contribution is 5.45. The molecule has 0 unspecified atom stereocenters. The molecule has 0 aliphatic carbocycles. The largest absolute Gasteiger partial charge is 0.416 e. The number of hydrogen-bond donors (Lipinski definition) is 1. The summed E-state index contributed by atoms with van der Waals surface area (Å²) < 4.78 is 38.7. The van der Waals surface area contributed by atoms with Gasteiger partial charge in [-0.05, 0) is 30.3 Å². The summed E-state index contributed by atoms with van der Waals surface area (Å²) in [6.45, 7) is 0.899. The summed E-state index contributed by atoms with van der Waals surface area (Å²) in [5.74, 6) is 0. The minimum absolute atomic E-state index is 0.110. The molecule has 0 saturated heterocycles. The Labute approximate surface area is 113 Å². The second-order valence-electron chi connectivity index (χ2n) is 4.23. The molecule has 1 N–H and O–H groups in total. The number of nitrogens with zero attached hydrogens (tertiary/aromatic N) is 1. The molecule has 1 aromatic heterocycles. The molecular weight excluding hydrogens is 269 g/mol. The molecule has 20 heavy (non-hydrogen) atoms. The van der Waals surface area contributed by atoms with E-state index in [1.165, 1.54) is 22.8 Å². The van der Waals surface area contributed by atoms with E-state index in [2.05, 4.69) is 5.32 Å². The number of benzene rings is 1. The van der Waals surface area contributed by atoms with Gasteiger partial charge in [-0.2, -0.15) is 13.2 Å². The Morgan fingerprint density at radius 1 is 1.05 bits per heavy atom. The monoisotopic (exact) mass is 282 g/mol. The van der Waals surface area contributed by atoms with E-state index in [1.807, 2.05) is 0 Å². The SMILES string of the molecule is O=c1ccccn1CCNc1ccc(C(F)(F)F)cc1. The fraction of sp³-hybridized carbons (Fsp3) is 0.214. The number of nitrogens with one attached hydrogen (secondary N) is 1. The van der Waals surface area contributed by atoms with Gasteiger partial charge in [0.25, 0.3) is 5.56 Å². The summed E-state index contributed by atoms with van der Waals surface area (Å²) in [4.78, 5) is 11.4. The molecule has 1 aromatic carbocycles. The molecule has 0 aliphatic heterocycles. The molecule has 0 saturated carbocycles. The lowest BCUT2D eigenvalue weighted by Crippen LogP contribution is -2.22. The summed E-state index contributed by atoms with van der Waals surface area (Å²) in [5.41, 5.74) is -0.203. The van der Waals surface area contributed by atoms with E-state index in [4.69, 9.17) is 0 Å². The van der Waals surface area contributed by atoms with Crippen molar-refractivity contribution >= 4 is 5.69 Å². The zero-order valence-corrected chi connectivity index (χ0v) is 10.5. The van der Waals surface area contributed by atoms with Gasteiger partial charge in [0.2, 0.25) is 0 Å². The standard InChI is InChI=1S/C14H13F3N2O/c15-14(16,17)11-4-6-12(7-5-11)18-8-10-19-9-2-1-3-13(19)20/h1-7,9,18H,8,10H2. The van der Waals surface area contributed by atoms with Gasteiger partial charge in [0.15, 0.2) is 0 Å². The summed E-state index contributed by atoms with van der Waals surface area (Å²) in [7, 11) is 0. The van der Waals surface area contributed by atoms with Crippen molar-refractivity contribution in [1.82, 2.24) is 4.57 Å². The van der Waals surface area contributed by atoms with Crippen molar-refractivity contribution in [3.05, 3.63) is 64.6 Å². The Hall–Kier alpha value is -2.24. The van der Waals surface area contributed by atoms with Crippen LogP contribution in [0, 0.1) is 0 Å². The van der Waals surface area contributed by atoms with E-state index >= 15 is 0 Å². The lowest BCUT2D eigenvalue weighted by Gasteiger charge is -2.10. The molecule has 6 heteroatoms. The van der Waals surface area contributed by atoms with Gasteiger partial charge in [-0.3, -0.25) is 4.79 Å². The van der Waals surface area contributed by atoms with E-state index in [9.17, 15) is 18.0 Å². The third-order valence-electron chi connectivity index (χ3n) is 2.79. The molecule has 3 nitrogen and oxygen atoms in total. The molecule has 2 rings (SSSR count). The van der Waals surface area contributed by atoms with Crippen molar-refractivity contribution in [2.75, 3.05) is 11.9 Å². The van der Waals surface area contributed by atoms with Crippen molar-refractivity contribution < 1.29 is 13.2 Å². The lowest BCUT2D eigenvalue weighted by molar-refractivity contribution is -0.137. The number of rotatable bonds is 4. The van der Waals surface area contributed by atoms with Crippen molar-refractivity contribution in [2.24, 2.45) is 0 Å². The van der Waals surface area contributed by atoms with Gasteiger partial charge in [-0.15, -0.1) is 0 Å². The highest BCUT2D eigenvalue weighted by Crippen LogP contribution is 2.29. The first kappa shape index (κ1) is 14.2. The van der Waals surface area contributed by atoms with Gasteiger partial charge < -0.3 is 9.88 Å². The Balaban J connectivity index is 1.92. The molecule has 1 heterocycles. The van der Waals surface area contributed by atoms with Crippen LogP contribution in [-0.4, -0.2) is 11.1 Å². The summed E-state index contributed by atoms with van der Waals surface area (Å²) in [6, 6.07) is 9.65. The van der Waals surface area contributed by atoms with Crippen molar-refractivity contribution in [3.8, 4) is 0 Å². The number of aromatic nitrogens is 1. The molecular formula is C14H13F3N2O. The number of alkyl halides is 3. The van der Waals surface area contributed by atoms with Crippen LogP contribution in [0.2, 0.25) is 0 Å². The fourth-order valence-electron chi connectivity index (χ4n) is 1.74. The minimum Gasteiger partial charge on any atom is -0.383 e. The van der Waals surface area contributed by atoms with Crippen LogP contribution in [0.5, 0.6) is 0 Å². The van der Waals surface area contributed by atoms with E-state index in [0.29, 0.717) is 18.8 Å². The molecule has 0 spiro atoms. The summed E-state index contributed by atoms with van der Waals surface area (Å²) in [6.07, 6.45) is -2.66. The van der Waals surface area contributed by atoms with Crippen LogP contribution in [0.25, 0.3) is 0 Å². The minimum atomic E-state index is -4.32. The van der Waals surface area contributed by atoms with Gasteiger partial charge in [0, 0.05) is 31.0 Å². The van der Waals surface area contributed by atoms with Crippen LogP contribution in [-0.2, 0) is 12.7 Å². The van der Waals surface area contributed by atoms with E-state index < -0.39 is 11.7 Å². The van der Waals surface area contributed by atoms with Crippen LogP contribution in [0.4, 0.5) is 18.9 Å². The average Bonchev–Trinajstić information content (AvgIpc) is 2.40. The van der Waals surface area contributed by atoms with Crippen LogP contribution in [0.1, 0.15) is 5.56 Å². The van der Waals surface area contributed by atoms with Crippen molar-refractivity contribution in [2.45, 2.75) is 12.7 Å². The molecule has 106 valence electrons. The molecule has 0 radical (unpaired) electrons. The average molecular weight is 282 g/mol. The quantitative estimate of drug-likeness (QED) is 0.935. The highest BCUT2D eigenvalue weighted by Gasteiger charge is 2.29. The smallest absolute Gasteiger partial charge is 0.383 e. The lowest BCUT2D eigenvalue weighted by atomic mass is 10.2. The molecule has 0 fully saturated rings. The second kappa shape index (κ2) is 5.81. The van der Waals surface area contributed by atoms with Gasteiger partial charge in [0.05, 0.1) is 5.56 Å². The van der Waals surface area contributed by atoms with E-state index in [0.717, 1.165) is 12.1 Å². The first-order valence-corrected chi connectivity index (χ1v) is 6.03. The zero-order chi connectivity index (χ0) is 14.6. The van der Waals surface area contributed by atoms with Gasteiger partial charge >= 0.3 is 6.18 Å². The van der Waals surface area contributed by atoms with E-state index in [-0.39, 0.29) is 5.56 Å².